The predicted molar refractivity (Wildman–Crippen MR) is 98.4 cm³/mol. The fourth-order valence-electron chi connectivity index (χ4n) is 3.84. The molecule has 0 saturated heterocycles. The number of nitrogens with one attached hydrogen (secondary N) is 1. The van der Waals surface area contributed by atoms with Crippen LogP contribution in [-0.4, -0.2) is 34.5 Å². The van der Waals surface area contributed by atoms with E-state index < -0.39 is 0 Å². The Balaban J connectivity index is 1.65. The monoisotopic (exact) mass is 361 g/mol. The zero-order valence-electron chi connectivity index (χ0n) is 16.0. The molecule has 0 bridgehead atoms. The van der Waals surface area contributed by atoms with Crippen LogP contribution in [0.15, 0.2) is 10.6 Å². The van der Waals surface area contributed by atoms with Crippen LogP contribution in [0.25, 0.3) is 0 Å². The van der Waals surface area contributed by atoms with E-state index in [-0.39, 0.29) is 23.8 Å². The van der Waals surface area contributed by atoms with E-state index in [2.05, 4.69) is 24.3 Å². The highest BCUT2D eigenvalue weighted by Crippen LogP contribution is 2.29. The molecule has 0 radical (unpaired) electrons. The first-order valence-electron chi connectivity index (χ1n) is 10.2. The molecule has 0 atom stereocenters. The zero-order chi connectivity index (χ0) is 18.5. The Bertz CT molecular complexity index is 614. The number of amides is 2. The second-order valence-corrected chi connectivity index (χ2v) is 7.75. The number of hydrogen-bond donors (Lipinski definition) is 1. The molecule has 1 aromatic rings. The summed E-state index contributed by atoms with van der Waals surface area (Å²) >= 11 is 0. The van der Waals surface area contributed by atoms with Crippen LogP contribution in [0.4, 0.5) is 0 Å². The molecule has 0 aliphatic heterocycles. The summed E-state index contributed by atoms with van der Waals surface area (Å²) < 4.78 is 5.39. The lowest BCUT2D eigenvalue weighted by molar-refractivity contribution is -0.139. The Labute approximate surface area is 155 Å². The van der Waals surface area contributed by atoms with Gasteiger partial charge in [0.05, 0.1) is 6.54 Å². The number of hydrogen-bond acceptors (Lipinski definition) is 4. The van der Waals surface area contributed by atoms with Gasteiger partial charge in [0, 0.05) is 24.6 Å². The maximum atomic E-state index is 13.0. The first-order valence-corrected chi connectivity index (χ1v) is 10.2. The topological polar surface area (TPSA) is 75.4 Å². The van der Waals surface area contributed by atoms with Gasteiger partial charge >= 0.3 is 0 Å². The lowest BCUT2D eigenvalue weighted by Crippen LogP contribution is -2.42. The Morgan fingerprint density at radius 2 is 1.92 bits per heavy atom. The molecule has 6 nitrogen and oxygen atoms in total. The molecule has 1 N–H and O–H groups in total. The third-order valence-electron chi connectivity index (χ3n) is 5.74. The van der Waals surface area contributed by atoms with Gasteiger partial charge in [-0.2, -0.15) is 0 Å². The molecule has 2 aliphatic carbocycles. The van der Waals surface area contributed by atoms with E-state index in [4.69, 9.17) is 4.52 Å². The van der Waals surface area contributed by atoms with Crippen molar-refractivity contribution >= 4 is 11.8 Å². The Kier molecular flexibility index (Phi) is 6.33. The molecule has 3 rings (SSSR count). The lowest BCUT2D eigenvalue weighted by Gasteiger charge is -2.32. The van der Waals surface area contributed by atoms with Crippen molar-refractivity contribution in [2.45, 2.75) is 77.8 Å². The summed E-state index contributed by atoms with van der Waals surface area (Å²) in [5.74, 6) is 1.38. The summed E-state index contributed by atoms with van der Waals surface area (Å²) in [5, 5.41) is 6.81. The molecule has 1 aromatic heterocycles. The fraction of sp³-hybridized carbons (Fsp3) is 0.750. The zero-order valence-corrected chi connectivity index (χ0v) is 16.0. The van der Waals surface area contributed by atoms with E-state index >= 15 is 0 Å². The molecule has 1 heterocycles. The maximum Gasteiger partial charge on any atom is 0.273 e. The van der Waals surface area contributed by atoms with Gasteiger partial charge < -0.3 is 14.7 Å². The average Bonchev–Trinajstić information content (AvgIpc) is 3.12. The highest BCUT2D eigenvalue weighted by Gasteiger charge is 2.31. The van der Waals surface area contributed by atoms with Gasteiger partial charge in [-0.1, -0.05) is 31.8 Å². The van der Waals surface area contributed by atoms with Crippen LogP contribution in [0.2, 0.25) is 0 Å². The van der Waals surface area contributed by atoms with Crippen LogP contribution in [0, 0.1) is 11.8 Å². The number of carbonyl (C=O) groups excluding carboxylic acids is 2. The highest BCUT2D eigenvalue weighted by atomic mass is 16.5. The minimum absolute atomic E-state index is 0.139. The van der Waals surface area contributed by atoms with Crippen LogP contribution < -0.4 is 5.32 Å². The van der Waals surface area contributed by atoms with E-state index in [1.807, 2.05) is 4.90 Å². The summed E-state index contributed by atoms with van der Waals surface area (Å²) in [5.41, 5.74) is 0.304. The predicted octanol–water partition coefficient (Wildman–Crippen LogP) is 3.52. The fourth-order valence-corrected chi connectivity index (χ4v) is 3.84. The van der Waals surface area contributed by atoms with Crippen LogP contribution in [0.3, 0.4) is 0 Å². The molecule has 2 fully saturated rings. The van der Waals surface area contributed by atoms with Crippen molar-refractivity contribution in [1.29, 1.82) is 0 Å². The Hall–Kier alpha value is -1.85. The van der Waals surface area contributed by atoms with Gasteiger partial charge in [-0.25, -0.2) is 0 Å². The highest BCUT2D eigenvalue weighted by molar-refractivity contribution is 5.92. The summed E-state index contributed by atoms with van der Waals surface area (Å²) in [6.07, 6.45) is 8.47. The van der Waals surface area contributed by atoms with Crippen molar-refractivity contribution in [3.05, 3.63) is 17.5 Å². The SMILES string of the molecule is CCC(CC)N(Cc1cc(C(=O)NCC2CC2)no1)C(=O)C1CCCC1. The van der Waals surface area contributed by atoms with E-state index in [0.717, 1.165) is 38.5 Å². The number of carbonyl (C=O) groups is 2. The number of nitrogens with zero attached hydrogens (tertiary/aromatic N) is 2. The molecule has 2 aliphatic rings. The largest absolute Gasteiger partial charge is 0.359 e. The standard InChI is InChI=1S/C20H31N3O3/c1-3-16(4-2)23(20(25)15-7-5-6-8-15)13-17-11-18(22-26-17)19(24)21-12-14-9-10-14/h11,14-16H,3-10,12-13H2,1-2H3,(H,21,24). The molecule has 6 heteroatoms. The van der Waals surface area contributed by atoms with Gasteiger partial charge in [-0.3, -0.25) is 9.59 Å². The van der Waals surface area contributed by atoms with Gasteiger partial charge in [-0.15, -0.1) is 0 Å². The average molecular weight is 361 g/mol. The van der Waals surface area contributed by atoms with E-state index in [1.165, 1.54) is 12.8 Å². The third-order valence-corrected chi connectivity index (χ3v) is 5.74. The Morgan fingerprint density at radius 1 is 1.23 bits per heavy atom. The van der Waals surface area contributed by atoms with Crippen LogP contribution in [0.1, 0.15) is 81.5 Å². The molecule has 144 valence electrons. The second-order valence-electron chi connectivity index (χ2n) is 7.75. The summed E-state index contributed by atoms with van der Waals surface area (Å²) in [6, 6.07) is 1.87. The van der Waals surface area contributed by atoms with Crippen LogP contribution in [-0.2, 0) is 11.3 Å². The van der Waals surface area contributed by atoms with Crippen molar-refractivity contribution in [2.75, 3.05) is 6.54 Å². The number of aromatic nitrogens is 1. The minimum atomic E-state index is -0.192. The van der Waals surface area contributed by atoms with Crippen LogP contribution in [0.5, 0.6) is 0 Å². The first-order chi connectivity index (χ1) is 12.6. The van der Waals surface area contributed by atoms with Crippen molar-refractivity contribution in [3.63, 3.8) is 0 Å². The molecule has 26 heavy (non-hydrogen) atoms. The molecular formula is C20H31N3O3. The van der Waals surface area contributed by atoms with Crippen molar-refractivity contribution < 1.29 is 14.1 Å². The van der Waals surface area contributed by atoms with Crippen molar-refractivity contribution in [3.8, 4) is 0 Å². The summed E-state index contributed by atoms with van der Waals surface area (Å²) in [7, 11) is 0. The van der Waals surface area contributed by atoms with E-state index in [0.29, 0.717) is 30.5 Å². The first kappa shape index (κ1) is 18.9. The van der Waals surface area contributed by atoms with E-state index in [9.17, 15) is 9.59 Å². The molecule has 2 amide bonds. The van der Waals surface area contributed by atoms with Gasteiger partial charge in [0.1, 0.15) is 0 Å². The van der Waals surface area contributed by atoms with Gasteiger partial charge in [-0.05, 0) is 44.4 Å². The molecule has 0 unspecified atom stereocenters. The quantitative estimate of drug-likeness (QED) is 0.730. The van der Waals surface area contributed by atoms with Gasteiger partial charge in [0.25, 0.3) is 5.91 Å². The van der Waals surface area contributed by atoms with E-state index in [1.54, 1.807) is 6.07 Å². The van der Waals surface area contributed by atoms with Gasteiger partial charge in [0.2, 0.25) is 5.91 Å². The number of rotatable bonds is 9. The normalized spacial score (nSPS) is 17.7. The van der Waals surface area contributed by atoms with Crippen molar-refractivity contribution in [2.24, 2.45) is 11.8 Å². The molecule has 2 saturated carbocycles. The van der Waals surface area contributed by atoms with Crippen molar-refractivity contribution in [1.82, 2.24) is 15.4 Å². The lowest BCUT2D eigenvalue weighted by atomic mass is 10.0. The third kappa shape index (κ3) is 4.65. The summed E-state index contributed by atoms with van der Waals surface area (Å²) in [4.78, 5) is 27.1. The summed E-state index contributed by atoms with van der Waals surface area (Å²) in [6.45, 7) is 5.33. The second kappa shape index (κ2) is 8.69. The van der Waals surface area contributed by atoms with Gasteiger partial charge in [0.15, 0.2) is 11.5 Å². The van der Waals surface area contributed by atoms with Crippen LogP contribution >= 0.6 is 0 Å². The maximum absolute atomic E-state index is 13.0. The molecule has 0 aromatic carbocycles. The molecular weight excluding hydrogens is 330 g/mol. The minimum Gasteiger partial charge on any atom is -0.359 e. The molecule has 0 spiro atoms. The smallest absolute Gasteiger partial charge is 0.273 e. The Morgan fingerprint density at radius 3 is 2.54 bits per heavy atom.